The van der Waals surface area contributed by atoms with E-state index in [4.69, 9.17) is 28.3 Å². The van der Waals surface area contributed by atoms with Crippen LogP contribution in [-0.4, -0.2) is 22.6 Å². The maximum Gasteiger partial charge on any atom is 0.426 e. The maximum absolute atomic E-state index is 12.1. The van der Waals surface area contributed by atoms with Crippen LogP contribution in [0.1, 0.15) is 20.3 Å². The molecule has 0 rings (SSSR count). The van der Waals surface area contributed by atoms with Crippen LogP contribution in [0.3, 0.4) is 0 Å². The van der Waals surface area contributed by atoms with E-state index in [1.807, 2.05) is 0 Å². The van der Waals surface area contributed by atoms with Crippen LogP contribution < -0.4 is 0 Å². The molecule has 0 heterocycles. The van der Waals surface area contributed by atoms with Crippen LogP contribution in [0.15, 0.2) is 11.1 Å². The fourth-order valence-corrected chi connectivity index (χ4v) is 1.33. The average molecular weight is 279 g/mol. The Morgan fingerprint density at radius 3 is 2.19 bits per heavy atom. The monoisotopic (exact) mass is 278 g/mol. The molecule has 1 unspecified atom stereocenters. The van der Waals surface area contributed by atoms with E-state index < -0.39 is 28.0 Å². The molecule has 0 aromatic carbocycles. The fraction of sp³-hybridized carbons (Fsp3) is 0.667. The molecule has 0 saturated carbocycles. The van der Waals surface area contributed by atoms with Gasteiger partial charge in [0, 0.05) is 0 Å². The van der Waals surface area contributed by atoms with Crippen molar-refractivity contribution in [1.29, 1.82) is 0 Å². The summed E-state index contributed by atoms with van der Waals surface area (Å²) in [4.78, 5) is 10.5. The highest BCUT2D eigenvalue weighted by atomic mass is 35.5. The molecule has 0 fully saturated rings. The zero-order valence-corrected chi connectivity index (χ0v) is 10.1. The lowest BCUT2D eigenvalue weighted by molar-refractivity contribution is -0.139. The molecule has 0 aliphatic carbocycles. The van der Waals surface area contributed by atoms with Crippen LogP contribution in [-0.2, 0) is 4.79 Å². The Hall–Kier alpha value is -0.420. The number of alkyl halides is 4. The van der Waals surface area contributed by atoms with Gasteiger partial charge in [0.15, 0.2) is 0 Å². The lowest BCUT2D eigenvalue weighted by atomic mass is 9.85. The molecule has 0 saturated heterocycles. The molecule has 0 aliphatic heterocycles. The lowest BCUT2D eigenvalue weighted by Gasteiger charge is -2.26. The van der Waals surface area contributed by atoms with Crippen LogP contribution in [0.2, 0.25) is 0 Å². The molecular weight excluding hydrogens is 268 g/mol. The number of hydrogen-bond donors (Lipinski definition) is 1. The number of carboxylic acid groups (broad SMARTS) is 1. The van der Waals surface area contributed by atoms with E-state index >= 15 is 0 Å². The zero-order chi connectivity index (χ0) is 13.1. The van der Waals surface area contributed by atoms with E-state index in [-0.39, 0.29) is 6.42 Å². The summed E-state index contributed by atoms with van der Waals surface area (Å²) in [5, 5.41) is 6.10. The molecule has 1 atom stereocenters. The summed E-state index contributed by atoms with van der Waals surface area (Å²) in [5.74, 6) is -1.13. The van der Waals surface area contributed by atoms with Gasteiger partial charge in [-0.1, -0.05) is 25.4 Å². The summed E-state index contributed by atoms with van der Waals surface area (Å²) in [6, 6.07) is 0. The van der Waals surface area contributed by atoms with E-state index in [0.717, 1.165) is 0 Å². The highest BCUT2D eigenvalue weighted by Gasteiger charge is 2.36. The van der Waals surface area contributed by atoms with Gasteiger partial charge in [-0.15, -0.1) is 11.6 Å². The number of carboxylic acids is 1. The number of rotatable bonds is 4. The molecule has 0 amide bonds. The summed E-state index contributed by atoms with van der Waals surface area (Å²) < 4.78 is 36.3. The maximum atomic E-state index is 12.1. The molecule has 1 N–H and O–H groups in total. The van der Waals surface area contributed by atoms with Crippen molar-refractivity contribution in [2.45, 2.75) is 31.8 Å². The van der Waals surface area contributed by atoms with E-state index in [1.165, 1.54) is 13.8 Å². The predicted molar refractivity (Wildman–Crippen MR) is 55.7 cm³/mol. The Morgan fingerprint density at radius 2 is 1.88 bits per heavy atom. The molecule has 16 heavy (non-hydrogen) atoms. The SMILES string of the molecule is CC(C)(CC(=O)O)C(Cl)C=C(Cl)C(F)(F)F. The summed E-state index contributed by atoms with van der Waals surface area (Å²) in [7, 11) is 0. The first kappa shape index (κ1) is 15.6. The van der Waals surface area contributed by atoms with Gasteiger partial charge in [-0.05, 0) is 11.5 Å². The van der Waals surface area contributed by atoms with Crippen LogP contribution in [0.25, 0.3) is 0 Å². The third kappa shape index (κ3) is 5.07. The molecule has 0 aromatic rings. The van der Waals surface area contributed by atoms with Crippen molar-refractivity contribution in [3.05, 3.63) is 11.1 Å². The summed E-state index contributed by atoms with van der Waals surface area (Å²) >= 11 is 10.7. The van der Waals surface area contributed by atoms with Gasteiger partial charge in [-0.25, -0.2) is 0 Å². The minimum Gasteiger partial charge on any atom is -0.481 e. The predicted octanol–water partition coefficient (Wildman–Crippen LogP) is 3.78. The third-order valence-corrected chi connectivity index (χ3v) is 2.97. The van der Waals surface area contributed by atoms with Gasteiger partial charge in [0.25, 0.3) is 0 Å². The number of allylic oxidation sites excluding steroid dienone is 2. The highest BCUT2D eigenvalue weighted by Crippen LogP contribution is 2.35. The summed E-state index contributed by atoms with van der Waals surface area (Å²) in [6.45, 7) is 2.91. The number of carbonyl (C=O) groups is 1. The first-order valence-electron chi connectivity index (χ1n) is 4.27. The second kappa shape index (κ2) is 5.27. The Labute approximate surface area is 101 Å². The van der Waals surface area contributed by atoms with Crippen LogP contribution >= 0.6 is 23.2 Å². The molecule has 0 radical (unpaired) electrons. The first-order chi connectivity index (χ1) is 6.97. The zero-order valence-electron chi connectivity index (χ0n) is 8.61. The van der Waals surface area contributed by atoms with E-state index in [2.05, 4.69) is 0 Å². The van der Waals surface area contributed by atoms with Crippen LogP contribution in [0, 0.1) is 5.41 Å². The highest BCUT2D eigenvalue weighted by molar-refractivity contribution is 6.31. The van der Waals surface area contributed by atoms with E-state index in [0.29, 0.717) is 6.08 Å². The number of hydrogen-bond acceptors (Lipinski definition) is 1. The second-order valence-corrected chi connectivity index (χ2v) is 4.85. The van der Waals surface area contributed by atoms with Crippen LogP contribution in [0.4, 0.5) is 13.2 Å². The Bertz CT molecular complexity index is 298. The van der Waals surface area contributed by atoms with Crippen LogP contribution in [0.5, 0.6) is 0 Å². The molecular formula is C9H11Cl2F3O2. The quantitative estimate of drug-likeness (QED) is 0.795. The Morgan fingerprint density at radius 1 is 1.44 bits per heavy atom. The summed E-state index contributed by atoms with van der Waals surface area (Å²) in [6.07, 6.45) is -4.39. The third-order valence-electron chi connectivity index (χ3n) is 1.92. The molecule has 0 aromatic heterocycles. The van der Waals surface area contributed by atoms with Gasteiger partial charge in [-0.2, -0.15) is 13.2 Å². The van der Waals surface area contributed by atoms with Crippen molar-refractivity contribution in [2.24, 2.45) is 5.41 Å². The second-order valence-electron chi connectivity index (χ2n) is 3.97. The van der Waals surface area contributed by atoms with Gasteiger partial charge in [0.1, 0.15) is 5.03 Å². The molecule has 7 heteroatoms. The van der Waals surface area contributed by atoms with E-state index in [9.17, 15) is 18.0 Å². The van der Waals surface area contributed by atoms with Crippen molar-refractivity contribution >= 4 is 29.2 Å². The normalized spacial score (nSPS) is 16.1. The van der Waals surface area contributed by atoms with Crippen molar-refractivity contribution in [3.63, 3.8) is 0 Å². The van der Waals surface area contributed by atoms with E-state index in [1.54, 1.807) is 0 Å². The van der Waals surface area contributed by atoms with Gasteiger partial charge >= 0.3 is 12.1 Å². The standard InChI is InChI=1S/C9H11Cl2F3O2/c1-8(2,4-7(15)16)5(10)3-6(11)9(12,13)14/h3,5H,4H2,1-2H3,(H,15,16). The fourth-order valence-electron chi connectivity index (χ4n) is 0.936. The Balaban J connectivity index is 4.81. The topological polar surface area (TPSA) is 37.3 Å². The molecule has 0 spiro atoms. The van der Waals surface area contributed by atoms with Crippen molar-refractivity contribution in [2.75, 3.05) is 0 Å². The minimum absolute atomic E-state index is 0.348. The Kier molecular flexibility index (Phi) is 5.14. The van der Waals surface area contributed by atoms with Crippen molar-refractivity contribution in [1.82, 2.24) is 0 Å². The van der Waals surface area contributed by atoms with Gasteiger partial charge in [0.2, 0.25) is 0 Å². The van der Waals surface area contributed by atoms with Gasteiger partial charge in [0.05, 0.1) is 11.8 Å². The smallest absolute Gasteiger partial charge is 0.426 e. The minimum atomic E-state index is -4.66. The first-order valence-corrected chi connectivity index (χ1v) is 5.08. The number of aliphatic carboxylic acids is 1. The summed E-state index contributed by atoms with van der Waals surface area (Å²) in [5.41, 5.74) is -1.02. The van der Waals surface area contributed by atoms with Crippen molar-refractivity contribution in [3.8, 4) is 0 Å². The van der Waals surface area contributed by atoms with Gasteiger partial charge in [-0.3, -0.25) is 4.79 Å². The average Bonchev–Trinajstić information content (AvgIpc) is 1.99. The van der Waals surface area contributed by atoms with Crippen molar-refractivity contribution < 1.29 is 23.1 Å². The molecule has 2 nitrogen and oxygen atoms in total. The largest absolute Gasteiger partial charge is 0.481 e. The lowest BCUT2D eigenvalue weighted by Crippen LogP contribution is -2.27. The number of halogens is 5. The van der Waals surface area contributed by atoms with Gasteiger partial charge < -0.3 is 5.11 Å². The molecule has 94 valence electrons. The molecule has 0 bridgehead atoms. The molecule has 0 aliphatic rings.